The second kappa shape index (κ2) is 10.2. The first-order valence-corrected chi connectivity index (χ1v) is 11.9. The van der Waals surface area contributed by atoms with Crippen LogP contribution in [0.25, 0.3) is 22.0 Å². The lowest BCUT2D eigenvalue weighted by molar-refractivity contribution is 0.288. The molecule has 2 aliphatic rings. The maximum absolute atomic E-state index is 5.79. The van der Waals surface area contributed by atoms with E-state index in [-0.39, 0.29) is 0 Å². The fourth-order valence-corrected chi connectivity index (χ4v) is 4.39. The van der Waals surface area contributed by atoms with Crippen molar-refractivity contribution in [3.05, 3.63) is 28.6 Å². The molecule has 1 saturated heterocycles. The van der Waals surface area contributed by atoms with Crippen LogP contribution in [0.4, 0.5) is 5.13 Å². The summed E-state index contributed by atoms with van der Waals surface area (Å²) in [6, 6.07) is 1.98. The van der Waals surface area contributed by atoms with Crippen molar-refractivity contribution in [2.45, 2.75) is 26.2 Å². The highest BCUT2D eigenvalue weighted by Gasteiger charge is 2.22. The molecule has 30 heavy (non-hydrogen) atoms. The number of ether oxygens (including phenoxy) is 1. The largest absolute Gasteiger partial charge is 0.477 e. The van der Waals surface area contributed by atoms with Crippen LogP contribution in [0.1, 0.15) is 24.8 Å². The number of hydrogen-bond acceptors (Lipinski definition) is 9. The van der Waals surface area contributed by atoms with Crippen LogP contribution in [0.15, 0.2) is 28.0 Å². The van der Waals surface area contributed by atoms with E-state index in [4.69, 9.17) is 9.72 Å². The first kappa shape index (κ1) is 21.0. The third kappa shape index (κ3) is 5.69. The summed E-state index contributed by atoms with van der Waals surface area (Å²) >= 11 is 3.06. The van der Waals surface area contributed by atoms with Gasteiger partial charge in [-0.1, -0.05) is 0 Å². The van der Waals surface area contributed by atoms with E-state index >= 15 is 0 Å². The van der Waals surface area contributed by atoms with E-state index in [0.29, 0.717) is 16.9 Å². The Bertz CT molecular complexity index is 966. The second-order valence-electron chi connectivity index (χ2n) is 7.33. The normalized spacial score (nSPS) is 15.9. The first-order chi connectivity index (χ1) is 14.7. The molecule has 0 spiro atoms. The summed E-state index contributed by atoms with van der Waals surface area (Å²) in [5, 5.41) is 11.9. The van der Waals surface area contributed by atoms with Gasteiger partial charge in [-0.25, -0.2) is 19.9 Å². The number of aryl methyl sites for hydroxylation is 1. The van der Waals surface area contributed by atoms with E-state index in [1.165, 1.54) is 43.7 Å². The van der Waals surface area contributed by atoms with Crippen molar-refractivity contribution in [2.24, 2.45) is 10.9 Å². The molecule has 9 heteroatoms. The van der Waals surface area contributed by atoms with Crippen molar-refractivity contribution in [1.29, 1.82) is 0 Å². The van der Waals surface area contributed by atoms with Crippen LogP contribution in [0.5, 0.6) is 5.88 Å². The van der Waals surface area contributed by atoms with Crippen LogP contribution in [-0.4, -0.2) is 48.0 Å². The lowest BCUT2D eigenvalue weighted by atomic mass is 10.1. The summed E-state index contributed by atoms with van der Waals surface area (Å²) in [6.07, 6.45) is 5.66. The van der Waals surface area contributed by atoms with Gasteiger partial charge in [0.05, 0.1) is 6.61 Å². The van der Waals surface area contributed by atoms with Crippen molar-refractivity contribution in [2.75, 3.05) is 26.4 Å². The van der Waals surface area contributed by atoms with Crippen LogP contribution < -0.4 is 15.4 Å². The molecule has 0 aromatic carbocycles. The Labute approximate surface area is 184 Å². The molecule has 5 rings (SSSR count). The number of nitrogens with zero attached hydrogens (tertiary/aromatic N) is 4. The quantitative estimate of drug-likeness (QED) is 0.554. The zero-order valence-electron chi connectivity index (χ0n) is 17.1. The molecule has 4 heterocycles. The second-order valence-corrected chi connectivity index (χ2v) is 9.03. The van der Waals surface area contributed by atoms with Crippen LogP contribution in [0, 0.1) is 12.8 Å². The molecule has 0 bridgehead atoms. The van der Waals surface area contributed by atoms with Gasteiger partial charge in [-0.3, -0.25) is 0 Å². The predicted molar refractivity (Wildman–Crippen MR) is 124 cm³/mol. The highest BCUT2D eigenvalue weighted by atomic mass is 32.1. The molecular formula is C21H26N6OS2. The minimum atomic E-state index is 0.662. The van der Waals surface area contributed by atoms with Gasteiger partial charge in [0, 0.05) is 35.3 Å². The Hall–Kier alpha value is -2.20. The van der Waals surface area contributed by atoms with Gasteiger partial charge >= 0.3 is 0 Å². The maximum atomic E-state index is 5.79. The van der Waals surface area contributed by atoms with E-state index in [9.17, 15) is 0 Å². The number of rotatable bonds is 6. The number of pyridine rings is 1. The van der Waals surface area contributed by atoms with Crippen molar-refractivity contribution in [3.63, 3.8) is 0 Å². The van der Waals surface area contributed by atoms with Gasteiger partial charge < -0.3 is 15.4 Å². The molecule has 3 aromatic rings. The average Bonchev–Trinajstić information content (AvgIpc) is 3.28. The van der Waals surface area contributed by atoms with Crippen LogP contribution >= 0.6 is 22.7 Å². The van der Waals surface area contributed by atoms with Gasteiger partial charge in [0.1, 0.15) is 16.4 Å². The Morgan fingerprint density at radius 1 is 1.17 bits per heavy atom. The molecule has 1 saturated carbocycles. The lowest BCUT2D eigenvalue weighted by Gasteiger charge is -2.11. The Balaban J connectivity index is 0.000000313. The lowest BCUT2D eigenvalue weighted by Crippen LogP contribution is -2.37. The summed E-state index contributed by atoms with van der Waals surface area (Å²) in [6.45, 7) is 9.68. The van der Waals surface area contributed by atoms with Crippen molar-refractivity contribution in [1.82, 2.24) is 25.6 Å². The predicted octanol–water partition coefficient (Wildman–Crippen LogP) is 4.28. The molecule has 158 valence electrons. The van der Waals surface area contributed by atoms with E-state index in [1.54, 1.807) is 11.3 Å². The van der Waals surface area contributed by atoms with Crippen LogP contribution in [0.3, 0.4) is 0 Å². The third-order valence-electron chi connectivity index (χ3n) is 4.82. The summed E-state index contributed by atoms with van der Waals surface area (Å²) in [5.74, 6) is 1.38. The van der Waals surface area contributed by atoms with Gasteiger partial charge in [0.2, 0.25) is 11.0 Å². The van der Waals surface area contributed by atoms with E-state index in [2.05, 4.69) is 32.3 Å². The Kier molecular flexibility index (Phi) is 7.16. The molecule has 1 aliphatic heterocycles. The van der Waals surface area contributed by atoms with Gasteiger partial charge in [-0.15, -0.1) is 22.7 Å². The third-order valence-corrected chi connectivity index (χ3v) is 6.47. The minimum absolute atomic E-state index is 0.662. The molecule has 0 radical (unpaired) electrons. The fraction of sp³-hybridized carbons (Fsp3) is 0.429. The van der Waals surface area contributed by atoms with Gasteiger partial charge in [0.25, 0.3) is 0 Å². The van der Waals surface area contributed by atoms with Crippen LogP contribution in [0.2, 0.25) is 0 Å². The summed E-state index contributed by atoms with van der Waals surface area (Å²) in [7, 11) is 0. The van der Waals surface area contributed by atoms with Crippen molar-refractivity contribution in [3.8, 4) is 27.8 Å². The minimum Gasteiger partial charge on any atom is -0.477 e. The van der Waals surface area contributed by atoms with Gasteiger partial charge in [0.15, 0.2) is 0 Å². The fourth-order valence-electron chi connectivity index (χ4n) is 2.87. The van der Waals surface area contributed by atoms with Crippen LogP contribution in [-0.2, 0) is 0 Å². The highest BCUT2D eigenvalue weighted by molar-refractivity contribution is 7.14. The molecule has 7 nitrogen and oxygen atoms in total. The molecule has 0 unspecified atom stereocenters. The maximum Gasteiger partial charge on any atom is 0.213 e. The van der Waals surface area contributed by atoms with Crippen molar-refractivity contribution >= 4 is 34.5 Å². The zero-order valence-corrected chi connectivity index (χ0v) is 18.7. The zero-order chi connectivity index (χ0) is 20.8. The monoisotopic (exact) mass is 442 g/mol. The summed E-state index contributed by atoms with van der Waals surface area (Å²) < 4.78 is 5.79. The Morgan fingerprint density at radius 3 is 2.57 bits per heavy atom. The molecule has 1 aliphatic carbocycles. The van der Waals surface area contributed by atoms with E-state index in [0.717, 1.165) is 40.8 Å². The first-order valence-electron chi connectivity index (χ1n) is 10.1. The number of thiazole rings is 2. The molecule has 0 amide bonds. The van der Waals surface area contributed by atoms with E-state index < -0.39 is 0 Å². The summed E-state index contributed by atoms with van der Waals surface area (Å²) in [5.41, 5.74) is 3.84. The number of aliphatic imine (C=N–C) groups is 1. The smallest absolute Gasteiger partial charge is 0.213 e. The van der Waals surface area contributed by atoms with Gasteiger partial charge in [-0.2, -0.15) is 0 Å². The number of hydrogen-bond donors (Lipinski definition) is 2. The number of aromatic nitrogens is 3. The molecule has 3 aromatic heterocycles. The Morgan fingerprint density at radius 2 is 1.93 bits per heavy atom. The molecule has 2 fully saturated rings. The molecule has 2 N–H and O–H groups in total. The topological polar surface area (TPSA) is 84.3 Å². The SMILES string of the molecule is C1CNCNC1.C=Nc1nc(-c2csc(-c3cc(OCC4CC4)ncc3C)n2)cs1. The van der Waals surface area contributed by atoms with Crippen molar-refractivity contribution < 1.29 is 4.74 Å². The summed E-state index contributed by atoms with van der Waals surface area (Å²) in [4.78, 5) is 17.3. The van der Waals surface area contributed by atoms with Gasteiger partial charge in [-0.05, 0) is 57.5 Å². The highest BCUT2D eigenvalue weighted by Crippen LogP contribution is 2.34. The molecular weight excluding hydrogens is 416 g/mol. The number of nitrogens with one attached hydrogen (secondary N) is 2. The standard InChI is InChI=1S/C17H16N4OS2.C4H10N2/c1-10-6-19-15(22-7-11-3-4-11)5-12(10)16-20-13(8-23-16)14-9-24-17(18-2)21-14;1-2-5-4-6-3-1/h5-6,8-9,11H,2-4,7H2,1H3;5-6H,1-4H2. The average molecular weight is 443 g/mol. The van der Waals surface area contributed by atoms with E-state index in [1.807, 2.05) is 29.9 Å². The molecule has 0 atom stereocenters.